The van der Waals surface area contributed by atoms with Crippen LogP contribution in [0.1, 0.15) is 50.3 Å². The minimum Gasteiger partial charge on any atom is -0.360 e. The van der Waals surface area contributed by atoms with Gasteiger partial charge in [0, 0.05) is 10.8 Å². The van der Waals surface area contributed by atoms with Crippen LogP contribution in [0.3, 0.4) is 0 Å². The van der Waals surface area contributed by atoms with Crippen LogP contribution in [0.25, 0.3) is 5.65 Å². The molecule has 0 aliphatic carbocycles. The summed E-state index contributed by atoms with van der Waals surface area (Å²) in [5, 5.41) is 19.2. The van der Waals surface area contributed by atoms with E-state index in [4.69, 9.17) is 4.98 Å². The van der Waals surface area contributed by atoms with Crippen LogP contribution in [-0.2, 0) is 5.41 Å². The first-order valence-corrected chi connectivity index (χ1v) is 8.14. The summed E-state index contributed by atoms with van der Waals surface area (Å²) in [6.45, 7) is 10.5. The molecule has 0 saturated carbocycles. The molecule has 0 aliphatic rings. The van der Waals surface area contributed by atoms with Crippen molar-refractivity contribution in [1.29, 1.82) is 0 Å². The van der Waals surface area contributed by atoms with Gasteiger partial charge in [-0.05, 0) is 26.0 Å². The van der Waals surface area contributed by atoms with Crippen LogP contribution in [0.4, 0.5) is 5.82 Å². The number of fused-ring (bicyclic) bond motifs is 1. The third kappa shape index (κ3) is 2.81. The Hall–Kier alpha value is -2.02. The number of aryl methyl sites for hydroxylation is 1. The Morgan fingerprint density at radius 1 is 1.23 bits per heavy atom. The first kappa shape index (κ1) is 14.9. The van der Waals surface area contributed by atoms with Crippen LogP contribution in [0.15, 0.2) is 17.5 Å². The number of anilines is 1. The number of aromatic nitrogens is 5. The number of nitrogens with one attached hydrogen (secondary N) is 1. The van der Waals surface area contributed by atoms with Gasteiger partial charge >= 0.3 is 0 Å². The zero-order valence-electron chi connectivity index (χ0n) is 13.5. The van der Waals surface area contributed by atoms with Gasteiger partial charge in [-0.25, -0.2) is 4.98 Å². The molecule has 3 heterocycles. The molecule has 116 valence electrons. The molecule has 0 aliphatic heterocycles. The van der Waals surface area contributed by atoms with Gasteiger partial charge in [-0.15, -0.1) is 26.6 Å². The van der Waals surface area contributed by atoms with Crippen LogP contribution in [0, 0.1) is 6.92 Å². The normalized spacial score (nSPS) is 13.5. The van der Waals surface area contributed by atoms with Gasteiger partial charge in [-0.3, -0.25) is 0 Å². The fraction of sp³-hybridized carbons (Fsp3) is 0.467. The predicted octanol–water partition coefficient (Wildman–Crippen LogP) is 3.36. The third-order valence-corrected chi connectivity index (χ3v) is 4.47. The topological polar surface area (TPSA) is 68.0 Å². The van der Waals surface area contributed by atoms with Gasteiger partial charge in [0.2, 0.25) is 0 Å². The number of hydrogen-bond donors (Lipinski definition) is 1. The molecular weight excluding hydrogens is 296 g/mol. The number of rotatable bonds is 3. The molecule has 0 fully saturated rings. The summed E-state index contributed by atoms with van der Waals surface area (Å²) < 4.78 is 1.73. The SMILES string of the molecule is Cc1nnc2ccc(NC(C)c3nc(C(C)(C)C)cs3)nn12. The molecule has 0 saturated heterocycles. The van der Waals surface area contributed by atoms with E-state index in [0.717, 1.165) is 28.0 Å². The van der Waals surface area contributed by atoms with Gasteiger partial charge in [-0.1, -0.05) is 20.8 Å². The van der Waals surface area contributed by atoms with Gasteiger partial charge in [-0.2, -0.15) is 4.52 Å². The molecule has 0 bridgehead atoms. The van der Waals surface area contributed by atoms with Crippen molar-refractivity contribution in [3.8, 4) is 0 Å². The summed E-state index contributed by atoms with van der Waals surface area (Å²) in [5.41, 5.74) is 1.95. The maximum atomic E-state index is 4.74. The summed E-state index contributed by atoms with van der Waals surface area (Å²) in [6, 6.07) is 3.92. The van der Waals surface area contributed by atoms with Crippen molar-refractivity contribution >= 4 is 22.8 Å². The molecular formula is C15H20N6S. The number of thiazole rings is 1. The summed E-state index contributed by atoms with van der Waals surface area (Å²) >= 11 is 1.68. The van der Waals surface area contributed by atoms with E-state index in [-0.39, 0.29) is 11.5 Å². The Bertz CT molecular complexity index is 798. The summed E-state index contributed by atoms with van der Waals surface area (Å²) in [5.74, 6) is 1.56. The second kappa shape index (κ2) is 5.31. The monoisotopic (exact) mass is 316 g/mol. The van der Waals surface area contributed by atoms with Crippen molar-refractivity contribution in [1.82, 2.24) is 24.8 Å². The molecule has 6 nitrogen and oxygen atoms in total. The molecule has 1 N–H and O–H groups in total. The fourth-order valence-corrected chi connectivity index (χ4v) is 3.14. The largest absolute Gasteiger partial charge is 0.360 e. The highest BCUT2D eigenvalue weighted by Crippen LogP contribution is 2.28. The van der Waals surface area contributed by atoms with Gasteiger partial charge in [0.1, 0.15) is 10.8 Å². The average Bonchev–Trinajstić information content (AvgIpc) is 3.06. The minimum absolute atomic E-state index is 0.0746. The van der Waals surface area contributed by atoms with Gasteiger partial charge in [0.05, 0.1) is 11.7 Å². The molecule has 3 aromatic rings. The minimum atomic E-state index is 0.0746. The van der Waals surface area contributed by atoms with E-state index < -0.39 is 0 Å². The molecule has 3 rings (SSSR count). The highest BCUT2D eigenvalue weighted by Gasteiger charge is 2.19. The number of hydrogen-bond acceptors (Lipinski definition) is 6. The first-order chi connectivity index (χ1) is 10.3. The molecule has 1 unspecified atom stereocenters. The van der Waals surface area contributed by atoms with Crippen molar-refractivity contribution < 1.29 is 0 Å². The Kier molecular flexibility index (Phi) is 3.60. The molecule has 0 amide bonds. The molecule has 0 spiro atoms. The van der Waals surface area contributed by atoms with Crippen molar-refractivity contribution in [2.45, 2.75) is 46.1 Å². The molecule has 0 radical (unpaired) electrons. The average molecular weight is 316 g/mol. The van der Waals surface area contributed by atoms with Gasteiger partial charge in [0.25, 0.3) is 0 Å². The van der Waals surface area contributed by atoms with Crippen molar-refractivity contribution in [3.63, 3.8) is 0 Å². The van der Waals surface area contributed by atoms with E-state index >= 15 is 0 Å². The zero-order chi connectivity index (χ0) is 15.9. The van der Waals surface area contributed by atoms with E-state index in [9.17, 15) is 0 Å². The Labute approximate surface area is 133 Å². The lowest BCUT2D eigenvalue weighted by Crippen LogP contribution is -2.13. The first-order valence-electron chi connectivity index (χ1n) is 7.26. The summed E-state index contributed by atoms with van der Waals surface area (Å²) in [6.07, 6.45) is 0. The van der Waals surface area contributed by atoms with Crippen LogP contribution >= 0.6 is 11.3 Å². The van der Waals surface area contributed by atoms with Crippen LogP contribution < -0.4 is 5.32 Å². The van der Waals surface area contributed by atoms with Gasteiger partial charge < -0.3 is 5.32 Å². The van der Waals surface area contributed by atoms with Crippen molar-refractivity contribution in [3.05, 3.63) is 34.0 Å². The summed E-state index contributed by atoms with van der Waals surface area (Å²) in [7, 11) is 0. The lowest BCUT2D eigenvalue weighted by atomic mass is 9.93. The van der Waals surface area contributed by atoms with Gasteiger partial charge in [0.15, 0.2) is 11.5 Å². The van der Waals surface area contributed by atoms with Crippen molar-refractivity contribution in [2.75, 3.05) is 5.32 Å². The number of nitrogens with zero attached hydrogens (tertiary/aromatic N) is 5. The van der Waals surface area contributed by atoms with Crippen molar-refractivity contribution in [2.24, 2.45) is 0 Å². The lowest BCUT2D eigenvalue weighted by Gasteiger charge is -2.15. The van der Waals surface area contributed by atoms with Crippen LogP contribution in [0.5, 0.6) is 0 Å². The Morgan fingerprint density at radius 2 is 2.00 bits per heavy atom. The molecule has 7 heteroatoms. The van der Waals surface area contributed by atoms with Crippen LogP contribution in [-0.4, -0.2) is 24.8 Å². The quantitative estimate of drug-likeness (QED) is 0.802. The molecule has 22 heavy (non-hydrogen) atoms. The Morgan fingerprint density at radius 3 is 2.68 bits per heavy atom. The fourth-order valence-electron chi connectivity index (χ4n) is 2.09. The van der Waals surface area contributed by atoms with E-state index in [0.29, 0.717) is 0 Å². The van der Waals surface area contributed by atoms with E-state index in [1.54, 1.807) is 15.9 Å². The van der Waals surface area contributed by atoms with E-state index in [2.05, 4.69) is 53.7 Å². The smallest absolute Gasteiger partial charge is 0.178 e. The zero-order valence-corrected chi connectivity index (χ0v) is 14.3. The third-order valence-electron chi connectivity index (χ3n) is 3.44. The standard InChI is InChI=1S/C15H20N6S/c1-9(14-17-11(8-22-14)15(3,4)5)16-12-6-7-13-19-18-10(2)21(13)20-12/h6-9H,1-5H3,(H,16,20). The second-order valence-corrected chi connectivity index (χ2v) is 7.31. The highest BCUT2D eigenvalue weighted by molar-refractivity contribution is 7.09. The predicted molar refractivity (Wildman–Crippen MR) is 88.4 cm³/mol. The summed E-state index contributed by atoms with van der Waals surface area (Å²) in [4.78, 5) is 4.74. The maximum Gasteiger partial charge on any atom is 0.178 e. The maximum absolute atomic E-state index is 4.74. The van der Waals surface area contributed by atoms with E-state index in [1.165, 1.54) is 0 Å². The van der Waals surface area contributed by atoms with E-state index in [1.807, 2.05) is 19.1 Å². The van der Waals surface area contributed by atoms with Crippen LogP contribution in [0.2, 0.25) is 0 Å². The lowest BCUT2D eigenvalue weighted by molar-refractivity contribution is 0.569. The highest BCUT2D eigenvalue weighted by atomic mass is 32.1. The second-order valence-electron chi connectivity index (χ2n) is 6.42. The molecule has 3 aromatic heterocycles. The molecule has 0 aromatic carbocycles. The molecule has 1 atom stereocenters. The Balaban J connectivity index is 1.81.